The van der Waals surface area contributed by atoms with Gasteiger partial charge in [0, 0.05) is 17.7 Å². The van der Waals surface area contributed by atoms with Gasteiger partial charge in [0.1, 0.15) is 0 Å². The van der Waals surface area contributed by atoms with Gasteiger partial charge in [0.15, 0.2) is 0 Å². The van der Waals surface area contributed by atoms with Crippen LogP contribution in [0.15, 0.2) is 91.0 Å². The average Bonchev–Trinajstić information content (AvgIpc) is 2.70. The molecule has 0 atom stereocenters. The fraction of sp³-hybridized carbons (Fsp3) is 0.120. The van der Waals surface area contributed by atoms with E-state index in [1.807, 2.05) is 66.7 Å². The van der Waals surface area contributed by atoms with Crippen LogP contribution in [0.4, 0.5) is 0 Å². The quantitative estimate of drug-likeness (QED) is 0.582. The summed E-state index contributed by atoms with van der Waals surface area (Å²) in [5, 5.41) is 0. The van der Waals surface area contributed by atoms with E-state index in [9.17, 15) is 0 Å². The molecule has 0 saturated heterocycles. The van der Waals surface area contributed by atoms with Crippen LogP contribution in [0.3, 0.4) is 0 Å². The van der Waals surface area contributed by atoms with Crippen LogP contribution in [0.1, 0.15) is 16.7 Å². The lowest BCUT2D eigenvalue weighted by molar-refractivity contribution is 0.337. The van der Waals surface area contributed by atoms with Crippen LogP contribution in [-0.2, 0) is 6.54 Å². The lowest BCUT2D eigenvalue weighted by Gasteiger charge is -2.16. The third kappa shape index (κ3) is 7.43. The van der Waals surface area contributed by atoms with E-state index in [0.29, 0.717) is 13.1 Å². The summed E-state index contributed by atoms with van der Waals surface area (Å²) in [7, 11) is 0. The zero-order valence-electron chi connectivity index (χ0n) is 15.1. The van der Waals surface area contributed by atoms with Gasteiger partial charge in [-0.1, -0.05) is 90.4 Å². The second kappa shape index (κ2) is 11.6. The van der Waals surface area contributed by atoms with Gasteiger partial charge in [-0.2, -0.15) is 0 Å². The average molecular weight is 372 g/mol. The van der Waals surface area contributed by atoms with E-state index in [1.165, 1.54) is 5.56 Å². The van der Waals surface area contributed by atoms with E-state index in [4.69, 9.17) is 0 Å². The van der Waals surface area contributed by atoms with Gasteiger partial charge in [-0.25, -0.2) is 0 Å². The predicted octanol–water partition coefficient (Wildman–Crippen LogP) is 5.01. The molecule has 2 heteroatoms. The Kier molecular flexibility index (Phi) is 8.75. The minimum absolute atomic E-state index is 0. The normalized spacial score (nSPS) is 9.37. The first-order chi connectivity index (χ1) is 12.9. The van der Waals surface area contributed by atoms with Crippen molar-refractivity contribution in [1.29, 1.82) is 0 Å². The largest absolute Gasteiger partial charge is 0.277 e. The molecule has 0 aromatic heterocycles. The van der Waals surface area contributed by atoms with E-state index in [2.05, 4.69) is 52.8 Å². The molecular formula is C25H22ClN. The molecule has 0 aliphatic rings. The summed E-state index contributed by atoms with van der Waals surface area (Å²) in [6.45, 7) is 2.22. The fourth-order valence-corrected chi connectivity index (χ4v) is 2.56. The van der Waals surface area contributed by atoms with Gasteiger partial charge >= 0.3 is 0 Å². The van der Waals surface area contributed by atoms with Crippen molar-refractivity contribution in [3.63, 3.8) is 0 Å². The molecule has 1 nitrogen and oxygen atoms in total. The maximum absolute atomic E-state index is 3.28. The number of halogens is 1. The highest BCUT2D eigenvalue weighted by Gasteiger charge is 2.02. The molecule has 134 valence electrons. The molecule has 0 unspecified atom stereocenters. The molecule has 3 aromatic carbocycles. The molecule has 3 aromatic rings. The second-order valence-corrected chi connectivity index (χ2v) is 5.97. The molecule has 0 amide bonds. The smallest absolute Gasteiger partial charge is 0.0617 e. The standard InChI is InChI=1S/C25H21N.ClH/c1-4-12-23(13-5-1)18-10-20-26(22-25-16-8-3-9-17-25)21-11-19-24-14-6-2-7-15-24;/h1-9,12-17H,20-22H2;1H. The minimum Gasteiger partial charge on any atom is -0.277 e. The summed E-state index contributed by atoms with van der Waals surface area (Å²) < 4.78 is 0. The van der Waals surface area contributed by atoms with Crippen molar-refractivity contribution in [3.05, 3.63) is 108 Å². The van der Waals surface area contributed by atoms with Crippen molar-refractivity contribution < 1.29 is 0 Å². The van der Waals surface area contributed by atoms with Crippen molar-refractivity contribution >= 4 is 12.4 Å². The maximum atomic E-state index is 3.28. The first kappa shape index (κ1) is 20.3. The maximum Gasteiger partial charge on any atom is 0.0617 e. The van der Waals surface area contributed by atoms with E-state index < -0.39 is 0 Å². The molecule has 0 aliphatic heterocycles. The molecule has 27 heavy (non-hydrogen) atoms. The molecule has 0 saturated carbocycles. The summed E-state index contributed by atoms with van der Waals surface area (Å²) in [6.07, 6.45) is 0. The Morgan fingerprint density at radius 1 is 0.556 bits per heavy atom. The Labute approximate surface area is 168 Å². The molecular weight excluding hydrogens is 350 g/mol. The van der Waals surface area contributed by atoms with E-state index in [-0.39, 0.29) is 12.4 Å². The highest BCUT2D eigenvalue weighted by atomic mass is 35.5. The third-order valence-electron chi connectivity index (χ3n) is 3.87. The van der Waals surface area contributed by atoms with Crippen LogP contribution >= 0.6 is 12.4 Å². The van der Waals surface area contributed by atoms with Gasteiger partial charge in [0.05, 0.1) is 13.1 Å². The van der Waals surface area contributed by atoms with Crippen LogP contribution in [0.25, 0.3) is 0 Å². The van der Waals surface area contributed by atoms with Crippen molar-refractivity contribution in [1.82, 2.24) is 4.90 Å². The lowest BCUT2D eigenvalue weighted by atomic mass is 10.2. The lowest BCUT2D eigenvalue weighted by Crippen LogP contribution is -2.24. The Bertz CT molecular complexity index is 854. The molecule has 0 bridgehead atoms. The van der Waals surface area contributed by atoms with Crippen molar-refractivity contribution in [2.75, 3.05) is 13.1 Å². The fourth-order valence-electron chi connectivity index (χ4n) is 2.56. The number of hydrogen-bond donors (Lipinski definition) is 0. The van der Waals surface area contributed by atoms with Gasteiger partial charge in [-0.15, -0.1) is 12.4 Å². The summed E-state index contributed by atoms with van der Waals surface area (Å²) in [5.74, 6) is 13.0. The highest BCUT2D eigenvalue weighted by Crippen LogP contribution is 2.04. The van der Waals surface area contributed by atoms with Gasteiger partial charge in [-0.3, -0.25) is 4.90 Å². The zero-order chi connectivity index (χ0) is 17.9. The van der Waals surface area contributed by atoms with Gasteiger partial charge in [0.2, 0.25) is 0 Å². The van der Waals surface area contributed by atoms with E-state index in [1.54, 1.807) is 0 Å². The number of nitrogens with zero attached hydrogens (tertiary/aromatic N) is 1. The highest BCUT2D eigenvalue weighted by molar-refractivity contribution is 5.85. The zero-order valence-corrected chi connectivity index (χ0v) is 16.0. The number of hydrogen-bond acceptors (Lipinski definition) is 1. The Morgan fingerprint density at radius 3 is 1.41 bits per heavy atom. The van der Waals surface area contributed by atoms with Crippen LogP contribution < -0.4 is 0 Å². The van der Waals surface area contributed by atoms with Crippen molar-refractivity contribution in [2.24, 2.45) is 0 Å². The van der Waals surface area contributed by atoms with Crippen molar-refractivity contribution in [2.45, 2.75) is 6.54 Å². The minimum atomic E-state index is 0. The number of benzene rings is 3. The number of rotatable bonds is 4. The summed E-state index contributed by atoms with van der Waals surface area (Å²) >= 11 is 0. The van der Waals surface area contributed by atoms with E-state index >= 15 is 0 Å². The Balaban J connectivity index is 0.00000261. The Morgan fingerprint density at radius 2 is 0.963 bits per heavy atom. The first-order valence-electron chi connectivity index (χ1n) is 8.74. The van der Waals surface area contributed by atoms with Gasteiger partial charge < -0.3 is 0 Å². The first-order valence-corrected chi connectivity index (χ1v) is 8.74. The molecule has 0 radical (unpaired) electrons. The monoisotopic (exact) mass is 371 g/mol. The molecule has 0 aliphatic carbocycles. The van der Waals surface area contributed by atoms with Gasteiger partial charge in [-0.05, 0) is 29.8 Å². The van der Waals surface area contributed by atoms with Crippen LogP contribution in [0.2, 0.25) is 0 Å². The molecule has 3 rings (SSSR count). The van der Waals surface area contributed by atoms with Crippen LogP contribution in [0.5, 0.6) is 0 Å². The predicted molar refractivity (Wildman–Crippen MR) is 116 cm³/mol. The molecule has 0 N–H and O–H groups in total. The van der Waals surface area contributed by atoms with Crippen LogP contribution in [0, 0.1) is 23.7 Å². The Hall–Kier alpha value is -2.97. The summed E-state index contributed by atoms with van der Waals surface area (Å²) in [6, 6.07) is 30.6. The SMILES string of the molecule is C(#Cc1ccccc1)CN(CC#Cc1ccccc1)Cc1ccccc1.Cl. The summed E-state index contributed by atoms with van der Waals surface area (Å²) in [4.78, 5) is 2.27. The van der Waals surface area contributed by atoms with Crippen LogP contribution in [-0.4, -0.2) is 18.0 Å². The second-order valence-electron chi connectivity index (χ2n) is 5.97. The molecule has 0 spiro atoms. The topological polar surface area (TPSA) is 3.24 Å². The van der Waals surface area contributed by atoms with E-state index in [0.717, 1.165) is 17.7 Å². The van der Waals surface area contributed by atoms with Gasteiger partial charge in [0.25, 0.3) is 0 Å². The van der Waals surface area contributed by atoms with Crippen molar-refractivity contribution in [3.8, 4) is 23.7 Å². The summed E-state index contributed by atoms with van der Waals surface area (Å²) in [5.41, 5.74) is 3.36. The molecule has 0 fully saturated rings. The third-order valence-corrected chi connectivity index (χ3v) is 3.87. The molecule has 0 heterocycles.